The molecule has 2 heteroatoms. The second-order valence-corrected chi connectivity index (χ2v) is 5.70. The summed E-state index contributed by atoms with van der Waals surface area (Å²) in [6.07, 6.45) is 4.90. The van der Waals surface area contributed by atoms with Gasteiger partial charge in [-0.05, 0) is 37.5 Å². The molecule has 0 amide bonds. The Morgan fingerprint density at radius 2 is 2.12 bits per heavy atom. The molecule has 0 saturated heterocycles. The summed E-state index contributed by atoms with van der Waals surface area (Å²) in [5, 5.41) is 0. The molecule has 0 spiro atoms. The van der Waals surface area contributed by atoms with E-state index < -0.39 is 0 Å². The first-order valence-corrected chi connectivity index (χ1v) is 6.87. The highest BCUT2D eigenvalue weighted by atomic mass is 79.9. The fourth-order valence-electron chi connectivity index (χ4n) is 1.95. The molecule has 0 fully saturated rings. The number of benzene rings is 1. The Hall–Kier alpha value is -1.02. The smallest absolute Gasteiger partial charge is 0.103 e. The lowest BCUT2D eigenvalue weighted by atomic mass is 10.0. The van der Waals surface area contributed by atoms with Crippen molar-refractivity contribution in [1.82, 2.24) is 0 Å². The lowest BCUT2D eigenvalue weighted by Gasteiger charge is -2.09. The summed E-state index contributed by atoms with van der Waals surface area (Å²) >= 11 is 3.74. The minimum Gasteiger partial charge on any atom is -0.469 e. The first kappa shape index (κ1) is 12.4. The van der Waals surface area contributed by atoms with Crippen LogP contribution in [0.4, 0.5) is 0 Å². The van der Waals surface area contributed by atoms with Crippen LogP contribution in [0.1, 0.15) is 23.3 Å². The van der Waals surface area contributed by atoms with Crippen molar-refractivity contribution in [3.63, 3.8) is 0 Å². The average Bonchev–Trinajstić information content (AvgIpc) is 2.79. The second kappa shape index (κ2) is 6.06. The van der Waals surface area contributed by atoms with Crippen molar-refractivity contribution in [1.29, 1.82) is 0 Å². The molecule has 17 heavy (non-hydrogen) atoms. The van der Waals surface area contributed by atoms with Crippen LogP contribution in [-0.4, -0.2) is 4.83 Å². The Bertz CT molecular complexity index is 448. The topological polar surface area (TPSA) is 13.1 Å². The number of hydrogen-bond donors (Lipinski definition) is 0. The fourth-order valence-corrected chi connectivity index (χ4v) is 2.55. The van der Waals surface area contributed by atoms with Gasteiger partial charge in [0, 0.05) is 11.2 Å². The van der Waals surface area contributed by atoms with Gasteiger partial charge in [-0.25, -0.2) is 0 Å². The zero-order chi connectivity index (χ0) is 12.1. The molecule has 0 saturated carbocycles. The molecule has 1 aromatic heterocycles. The molecule has 1 nitrogen and oxygen atoms in total. The van der Waals surface area contributed by atoms with Crippen molar-refractivity contribution in [3.05, 3.63) is 59.5 Å². The minimum absolute atomic E-state index is 0.509. The molecule has 1 atom stereocenters. The van der Waals surface area contributed by atoms with Crippen LogP contribution in [0.15, 0.2) is 47.1 Å². The van der Waals surface area contributed by atoms with Gasteiger partial charge in [-0.15, -0.1) is 0 Å². The molecule has 0 radical (unpaired) electrons. The maximum absolute atomic E-state index is 5.33. The van der Waals surface area contributed by atoms with Gasteiger partial charge in [0.2, 0.25) is 0 Å². The highest BCUT2D eigenvalue weighted by Gasteiger charge is 2.07. The quantitative estimate of drug-likeness (QED) is 0.738. The van der Waals surface area contributed by atoms with E-state index in [1.54, 1.807) is 6.26 Å². The Morgan fingerprint density at radius 3 is 2.82 bits per heavy atom. The lowest BCUT2D eigenvalue weighted by Crippen LogP contribution is -2.04. The van der Waals surface area contributed by atoms with Gasteiger partial charge < -0.3 is 4.42 Å². The molecule has 0 aliphatic heterocycles. The van der Waals surface area contributed by atoms with Crippen LogP contribution in [0.5, 0.6) is 0 Å². The zero-order valence-electron chi connectivity index (χ0n) is 10.0. The van der Waals surface area contributed by atoms with Gasteiger partial charge in [-0.3, -0.25) is 0 Å². The van der Waals surface area contributed by atoms with Crippen LogP contribution >= 0.6 is 15.9 Å². The summed E-state index contributed by atoms with van der Waals surface area (Å²) in [5.41, 5.74) is 2.72. The minimum atomic E-state index is 0.509. The highest BCUT2D eigenvalue weighted by Crippen LogP contribution is 2.17. The third kappa shape index (κ3) is 4.04. The zero-order valence-corrected chi connectivity index (χ0v) is 11.6. The maximum atomic E-state index is 5.33. The van der Waals surface area contributed by atoms with E-state index in [2.05, 4.69) is 47.1 Å². The summed E-state index contributed by atoms with van der Waals surface area (Å²) in [4.78, 5) is 0.509. The van der Waals surface area contributed by atoms with E-state index in [-0.39, 0.29) is 0 Å². The van der Waals surface area contributed by atoms with Gasteiger partial charge in [0.1, 0.15) is 5.76 Å². The standard InChI is InChI=1S/C15H17BrO/c1-12-4-2-5-13(10-12)11-14(16)7-8-15-6-3-9-17-15/h2-6,9-10,14H,7-8,11H2,1H3. The predicted molar refractivity (Wildman–Crippen MR) is 74.6 cm³/mol. The molecule has 2 aromatic rings. The molecule has 1 heterocycles. The molecular weight excluding hydrogens is 276 g/mol. The van der Waals surface area contributed by atoms with Crippen LogP contribution in [0.3, 0.4) is 0 Å². The maximum Gasteiger partial charge on any atom is 0.103 e. The molecule has 0 aliphatic rings. The Labute approximate surface area is 111 Å². The van der Waals surface area contributed by atoms with Crippen LogP contribution in [0.2, 0.25) is 0 Å². The van der Waals surface area contributed by atoms with Gasteiger partial charge >= 0.3 is 0 Å². The van der Waals surface area contributed by atoms with E-state index in [1.165, 1.54) is 11.1 Å². The number of furan rings is 1. The van der Waals surface area contributed by atoms with Crippen molar-refractivity contribution in [3.8, 4) is 0 Å². The fraction of sp³-hybridized carbons (Fsp3) is 0.333. The first-order chi connectivity index (χ1) is 8.24. The summed E-state index contributed by atoms with van der Waals surface area (Å²) in [6.45, 7) is 2.13. The molecule has 1 unspecified atom stereocenters. The summed E-state index contributed by atoms with van der Waals surface area (Å²) in [6, 6.07) is 12.7. The number of rotatable bonds is 5. The van der Waals surface area contributed by atoms with Crippen LogP contribution in [-0.2, 0) is 12.8 Å². The Kier molecular flexibility index (Phi) is 4.43. The summed E-state index contributed by atoms with van der Waals surface area (Å²) < 4.78 is 5.33. The van der Waals surface area contributed by atoms with Crippen LogP contribution in [0.25, 0.3) is 0 Å². The highest BCUT2D eigenvalue weighted by molar-refractivity contribution is 9.09. The van der Waals surface area contributed by atoms with Crippen molar-refractivity contribution in [2.24, 2.45) is 0 Å². The van der Waals surface area contributed by atoms with Crippen molar-refractivity contribution in [2.75, 3.05) is 0 Å². The van der Waals surface area contributed by atoms with Gasteiger partial charge in [0.25, 0.3) is 0 Å². The van der Waals surface area contributed by atoms with Crippen LogP contribution in [0, 0.1) is 6.92 Å². The van der Waals surface area contributed by atoms with Crippen LogP contribution < -0.4 is 0 Å². The van der Waals surface area contributed by atoms with Gasteiger partial charge in [0.15, 0.2) is 0 Å². The number of hydrogen-bond acceptors (Lipinski definition) is 1. The van der Waals surface area contributed by atoms with Crippen molar-refractivity contribution < 1.29 is 4.42 Å². The van der Waals surface area contributed by atoms with Crippen molar-refractivity contribution in [2.45, 2.75) is 31.0 Å². The first-order valence-electron chi connectivity index (χ1n) is 5.96. The van der Waals surface area contributed by atoms with E-state index in [4.69, 9.17) is 4.42 Å². The molecule has 2 rings (SSSR count). The molecule has 90 valence electrons. The number of halogens is 1. The third-order valence-corrected chi connectivity index (χ3v) is 3.61. The lowest BCUT2D eigenvalue weighted by molar-refractivity contribution is 0.500. The average molecular weight is 293 g/mol. The third-order valence-electron chi connectivity index (χ3n) is 2.82. The van der Waals surface area contributed by atoms with E-state index in [9.17, 15) is 0 Å². The molecule has 0 aliphatic carbocycles. The van der Waals surface area contributed by atoms with E-state index in [0.717, 1.165) is 25.0 Å². The Balaban J connectivity index is 1.83. The van der Waals surface area contributed by atoms with Gasteiger partial charge in [0.05, 0.1) is 6.26 Å². The molecule has 1 aromatic carbocycles. The molecular formula is C15H17BrO. The van der Waals surface area contributed by atoms with E-state index in [0.29, 0.717) is 4.83 Å². The monoisotopic (exact) mass is 292 g/mol. The summed E-state index contributed by atoms with van der Waals surface area (Å²) in [7, 11) is 0. The number of alkyl halides is 1. The van der Waals surface area contributed by atoms with Gasteiger partial charge in [-0.1, -0.05) is 45.8 Å². The van der Waals surface area contributed by atoms with E-state index >= 15 is 0 Å². The second-order valence-electron chi connectivity index (χ2n) is 4.41. The SMILES string of the molecule is Cc1cccc(CC(Br)CCc2ccco2)c1. The Morgan fingerprint density at radius 1 is 1.24 bits per heavy atom. The predicted octanol–water partition coefficient (Wildman–Crippen LogP) is 4.53. The van der Waals surface area contributed by atoms with Crippen molar-refractivity contribution >= 4 is 15.9 Å². The number of aryl methyl sites for hydroxylation is 2. The largest absolute Gasteiger partial charge is 0.469 e. The molecule has 0 bridgehead atoms. The summed E-state index contributed by atoms with van der Waals surface area (Å²) in [5.74, 6) is 1.07. The van der Waals surface area contributed by atoms with Gasteiger partial charge in [-0.2, -0.15) is 0 Å². The molecule has 0 N–H and O–H groups in total. The normalized spacial score (nSPS) is 12.6. The van der Waals surface area contributed by atoms with E-state index in [1.807, 2.05) is 12.1 Å².